The Morgan fingerprint density at radius 3 is 1.40 bits per heavy atom. The molecule has 0 unspecified atom stereocenters. The summed E-state index contributed by atoms with van der Waals surface area (Å²) in [6.07, 6.45) is 2.39. The minimum Gasteiger partial charge on any atom is -0.0555 e. The van der Waals surface area contributed by atoms with Gasteiger partial charge < -0.3 is 0 Å². The van der Waals surface area contributed by atoms with Crippen LogP contribution in [0.2, 0.25) is 0 Å². The number of benzene rings is 3. The summed E-state index contributed by atoms with van der Waals surface area (Å²) in [7, 11) is 0. The van der Waals surface area contributed by atoms with Gasteiger partial charge in [-0.05, 0) is 95.5 Å². The first-order chi connectivity index (χ1) is 9.58. The van der Waals surface area contributed by atoms with E-state index in [0.29, 0.717) is 0 Å². The molecule has 1 aliphatic carbocycles. The first kappa shape index (κ1) is 12.0. The van der Waals surface area contributed by atoms with E-state index in [-0.39, 0.29) is 0 Å². The molecule has 0 aliphatic heterocycles. The molecule has 0 atom stereocenters. The fourth-order valence-corrected chi connectivity index (χ4v) is 4.15. The largest absolute Gasteiger partial charge is 0.0555 e. The molecule has 0 fully saturated rings. The lowest BCUT2D eigenvalue weighted by molar-refractivity contribution is 0.945. The van der Waals surface area contributed by atoms with Crippen LogP contribution in [0.25, 0.3) is 21.5 Å². The van der Waals surface area contributed by atoms with Gasteiger partial charge in [0.05, 0.1) is 0 Å². The summed E-state index contributed by atoms with van der Waals surface area (Å²) in [6.45, 7) is 9.03. The van der Waals surface area contributed by atoms with Crippen molar-refractivity contribution in [1.82, 2.24) is 0 Å². The van der Waals surface area contributed by atoms with Gasteiger partial charge in [0.1, 0.15) is 0 Å². The second-order valence-corrected chi connectivity index (χ2v) is 6.39. The van der Waals surface area contributed by atoms with Gasteiger partial charge in [0.15, 0.2) is 0 Å². The Hall–Kier alpha value is -1.82. The van der Waals surface area contributed by atoms with E-state index in [2.05, 4.69) is 52.0 Å². The molecule has 3 aromatic rings. The molecule has 100 valence electrons. The van der Waals surface area contributed by atoms with Crippen molar-refractivity contribution in [2.75, 3.05) is 0 Å². The lowest BCUT2D eigenvalue weighted by Crippen LogP contribution is -2.06. The molecule has 0 saturated heterocycles. The molecule has 0 heterocycles. The fraction of sp³-hybridized carbons (Fsp3) is 0.300. The van der Waals surface area contributed by atoms with Gasteiger partial charge in [0.25, 0.3) is 0 Å². The van der Waals surface area contributed by atoms with Crippen LogP contribution >= 0.6 is 0 Å². The van der Waals surface area contributed by atoms with E-state index >= 15 is 0 Å². The van der Waals surface area contributed by atoms with Gasteiger partial charge in [0.2, 0.25) is 0 Å². The zero-order valence-corrected chi connectivity index (χ0v) is 12.7. The van der Waals surface area contributed by atoms with Crippen molar-refractivity contribution in [2.45, 2.75) is 40.5 Å². The Morgan fingerprint density at radius 1 is 0.600 bits per heavy atom. The lowest BCUT2D eigenvalue weighted by Gasteiger charge is -2.24. The maximum Gasteiger partial charge on any atom is -0.00649 e. The van der Waals surface area contributed by atoms with Crippen LogP contribution < -0.4 is 0 Å². The number of hydrogen-bond donors (Lipinski definition) is 0. The third-order valence-corrected chi connectivity index (χ3v) is 5.10. The molecular weight excluding hydrogens is 240 g/mol. The van der Waals surface area contributed by atoms with Crippen molar-refractivity contribution >= 4 is 21.5 Å². The van der Waals surface area contributed by atoms with Crippen molar-refractivity contribution in [1.29, 1.82) is 0 Å². The SMILES string of the molecule is Cc1cc(C)c2ccc3c(C)cc(C)c4c3c2c1CC4. The molecule has 0 saturated carbocycles. The minimum atomic E-state index is 1.19. The molecule has 3 aromatic carbocycles. The average molecular weight is 260 g/mol. The van der Waals surface area contributed by atoms with Crippen LogP contribution in [-0.4, -0.2) is 0 Å². The molecule has 0 radical (unpaired) electrons. The molecule has 4 rings (SSSR count). The van der Waals surface area contributed by atoms with E-state index in [9.17, 15) is 0 Å². The predicted molar refractivity (Wildman–Crippen MR) is 87.8 cm³/mol. The minimum absolute atomic E-state index is 1.19. The summed E-state index contributed by atoms with van der Waals surface area (Å²) in [6, 6.07) is 9.37. The summed E-state index contributed by atoms with van der Waals surface area (Å²) in [5.74, 6) is 0. The number of aryl methyl sites for hydroxylation is 6. The highest BCUT2D eigenvalue weighted by Crippen LogP contribution is 2.40. The van der Waals surface area contributed by atoms with Gasteiger partial charge in [-0.15, -0.1) is 0 Å². The molecule has 0 N–H and O–H groups in total. The van der Waals surface area contributed by atoms with Crippen molar-refractivity contribution in [2.24, 2.45) is 0 Å². The molecule has 20 heavy (non-hydrogen) atoms. The standard InChI is InChI=1S/C20H20/c1-11-9-12(2)16-7-8-18-14(4)10-13(3)17-6-5-15(11)19(16)20(17)18/h5-6,9-10H,7-8H2,1-4H3. The topological polar surface area (TPSA) is 0 Å². The third kappa shape index (κ3) is 1.37. The van der Waals surface area contributed by atoms with Crippen LogP contribution in [0.1, 0.15) is 33.4 Å². The lowest BCUT2D eigenvalue weighted by atomic mass is 9.80. The highest BCUT2D eigenvalue weighted by molar-refractivity contribution is 6.14. The molecule has 0 heteroatoms. The van der Waals surface area contributed by atoms with Gasteiger partial charge in [-0.3, -0.25) is 0 Å². The van der Waals surface area contributed by atoms with E-state index in [1.807, 2.05) is 0 Å². The van der Waals surface area contributed by atoms with Crippen LogP contribution in [0.5, 0.6) is 0 Å². The summed E-state index contributed by atoms with van der Waals surface area (Å²) in [5, 5.41) is 5.97. The van der Waals surface area contributed by atoms with E-state index in [1.165, 1.54) is 56.6 Å². The summed E-state index contributed by atoms with van der Waals surface area (Å²) in [4.78, 5) is 0. The monoisotopic (exact) mass is 260 g/mol. The first-order valence-corrected chi connectivity index (χ1v) is 7.52. The molecule has 1 aliphatic rings. The van der Waals surface area contributed by atoms with Gasteiger partial charge in [0, 0.05) is 0 Å². The van der Waals surface area contributed by atoms with Crippen molar-refractivity contribution in [3.05, 3.63) is 57.6 Å². The van der Waals surface area contributed by atoms with Gasteiger partial charge in [-0.2, -0.15) is 0 Å². The van der Waals surface area contributed by atoms with E-state index in [4.69, 9.17) is 0 Å². The molecular formula is C20H20. The molecule has 0 bridgehead atoms. The van der Waals surface area contributed by atoms with E-state index in [0.717, 1.165) is 0 Å². The summed E-state index contributed by atoms with van der Waals surface area (Å²) < 4.78 is 0. The molecule has 0 amide bonds. The molecule has 0 spiro atoms. The quantitative estimate of drug-likeness (QED) is 0.479. The highest BCUT2D eigenvalue weighted by atomic mass is 14.2. The zero-order chi connectivity index (χ0) is 14.0. The fourth-order valence-electron chi connectivity index (χ4n) is 4.15. The van der Waals surface area contributed by atoms with Crippen molar-refractivity contribution < 1.29 is 0 Å². The van der Waals surface area contributed by atoms with Crippen LogP contribution in [0.3, 0.4) is 0 Å². The Labute approximate surface area is 120 Å². The van der Waals surface area contributed by atoms with Crippen LogP contribution in [0, 0.1) is 27.7 Å². The zero-order valence-electron chi connectivity index (χ0n) is 12.7. The van der Waals surface area contributed by atoms with Crippen molar-refractivity contribution in [3.8, 4) is 0 Å². The Morgan fingerprint density at radius 2 is 1.00 bits per heavy atom. The maximum atomic E-state index is 2.36. The summed E-state index contributed by atoms with van der Waals surface area (Å²) >= 11 is 0. The van der Waals surface area contributed by atoms with Gasteiger partial charge >= 0.3 is 0 Å². The number of hydrogen-bond acceptors (Lipinski definition) is 0. The Bertz CT molecular complexity index is 807. The second-order valence-electron chi connectivity index (χ2n) is 6.39. The second kappa shape index (κ2) is 3.85. The number of rotatable bonds is 0. The van der Waals surface area contributed by atoms with E-state index < -0.39 is 0 Å². The first-order valence-electron chi connectivity index (χ1n) is 7.52. The highest BCUT2D eigenvalue weighted by Gasteiger charge is 2.20. The molecule has 0 aromatic heterocycles. The van der Waals surface area contributed by atoms with Crippen LogP contribution in [0.15, 0.2) is 24.3 Å². The smallest absolute Gasteiger partial charge is 0.00649 e. The van der Waals surface area contributed by atoms with E-state index in [1.54, 1.807) is 11.1 Å². The van der Waals surface area contributed by atoms with Gasteiger partial charge in [-0.25, -0.2) is 0 Å². The van der Waals surface area contributed by atoms with Crippen LogP contribution in [-0.2, 0) is 12.8 Å². The van der Waals surface area contributed by atoms with Gasteiger partial charge in [-0.1, -0.05) is 24.3 Å². The van der Waals surface area contributed by atoms with Crippen molar-refractivity contribution in [3.63, 3.8) is 0 Å². The molecule has 0 nitrogen and oxygen atoms in total. The average Bonchev–Trinajstić information content (AvgIpc) is 2.42. The van der Waals surface area contributed by atoms with Crippen LogP contribution in [0.4, 0.5) is 0 Å². The Balaban J connectivity index is 2.40. The Kier molecular flexibility index (Phi) is 2.30. The summed E-state index contributed by atoms with van der Waals surface area (Å²) in [5.41, 5.74) is 8.91. The maximum absolute atomic E-state index is 2.36. The predicted octanol–water partition coefficient (Wildman–Crippen LogP) is 5.33. The third-order valence-electron chi connectivity index (χ3n) is 5.10. The normalized spacial score (nSPS) is 13.6.